The molecule has 2 aromatic heterocycles. The molecular weight excluding hydrogens is 352 g/mol. The van der Waals surface area contributed by atoms with Crippen LogP contribution in [-0.2, 0) is 11.3 Å². The standard InChI is InChI=1S/C16H11ClN2O4S/c1-9(20)12-6-7-13(24-12)16(21)22-8-14-18-15(19-23-14)10-2-4-11(17)5-3-10/h2-7H,8H2,1H3. The summed E-state index contributed by atoms with van der Waals surface area (Å²) < 4.78 is 10.2. The minimum absolute atomic E-state index is 0.0939. The highest BCUT2D eigenvalue weighted by atomic mass is 35.5. The first-order chi connectivity index (χ1) is 11.5. The van der Waals surface area contributed by atoms with Gasteiger partial charge in [0.2, 0.25) is 5.82 Å². The van der Waals surface area contributed by atoms with Gasteiger partial charge in [-0.1, -0.05) is 16.8 Å². The highest BCUT2D eigenvalue weighted by Crippen LogP contribution is 2.20. The van der Waals surface area contributed by atoms with E-state index in [9.17, 15) is 9.59 Å². The predicted octanol–water partition coefficient (Wildman–Crippen LogP) is 4.01. The molecule has 24 heavy (non-hydrogen) atoms. The number of rotatable bonds is 5. The zero-order valence-electron chi connectivity index (χ0n) is 12.5. The first kappa shape index (κ1) is 16.4. The molecule has 3 aromatic rings. The van der Waals surface area contributed by atoms with Gasteiger partial charge in [-0.25, -0.2) is 4.79 Å². The van der Waals surface area contributed by atoms with Crippen molar-refractivity contribution in [3.05, 3.63) is 57.1 Å². The van der Waals surface area contributed by atoms with Crippen molar-refractivity contribution in [2.24, 2.45) is 0 Å². The van der Waals surface area contributed by atoms with E-state index in [2.05, 4.69) is 10.1 Å². The van der Waals surface area contributed by atoms with Crippen LogP contribution in [-0.4, -0.2) is 21.9 Å². The Hall–Kier alpha value is -2.51. The number of Topliss-reactive ketones (excluding diaryl/α,β-unsaturated/α-hetero) is 1. The summed E-state index contributed by atoms with van der Waals surface area (Å²) in [5.41, 5.74) is 0.741. The third-order valence-corrected chi connectivity index (χ3v) is 4.47. The van der Waals surface area contributed by atoms with Crippen LogP contribution in [0.2, 0.25) is 5.02 Å². The molecule has 0 bridgehead atoms. The maximum Gasteiger partial charge on any atom is 0.348 e. The molecule has 2 heterocycles. The number of ketones is 1. The quantitative estimate of drug-likeness (QED) is 0.503. The number of benzene rings is 1. The molecule has 0 aliphatic carbocycles. The normalized spacial score (nSPS) is 10.6. The minimum atomic E-state index is -0.543. The van der Waals surface area contributed by atoms with Gasteiger partial charge < -0.3 is 9.26 Å². The Morgan fingerprint density at radius 3 is 2.54 bits per heavy atom. The van der Waals surface area contributed by atoms with Crippen molar-refractivity contribution in [3.8, 4) is 11.4 Å². The van der Waals surface area contributed by atoms with Crippen LogP contribution in [0.25, 0.3) is 11.4 Å². The van der Waals surface area contributed by atoms with Gasteiger partial charge in [0.05, 0.1) is 4.88 Å². The number of nitrogens with zero attached hydrogens (tertiary/aromatic N) is 2. The number of esters is 1. The van der Waals surface area contributed by atoms with Gasteiger partial charge in [-0.15, -0.1) is 11.3 Å². The molecule has 0 aliphatic heterocycles. The second kappa shape index (κ2) is 6.94. The number of carbonyl (C=O) groups excluding carboxylic acids is 2. The number of halogens is 1. The maximum absolute atomic E-state index is 11.9. The van der Waals surface area contributed by atoms with Crippen molar-refractivity contribution < 1.29 is 18.8 Å². The summed E-state index contributed by atoms with van der Waals surface area (Å²) in [5, 5.41) is 4.44. The minimum Gasteiger partial charge on any atom is -0.451 e. The van der Waals surface area contributed by atoms with E-state index in [1.807, 2.05) is 0 Å². The van der Waals surface area contributed by atoms with Crippen LogP contribution in [0.5, 0.6) is 0 Å². The lowest BCUT2D eigenvalue weighted by molar-refractivity contribution is 0.0435. The second-order valence-electron chi connectivity index (χ2n) is 4.81. The highest BCUT2D eigenvalue weighted by Gasteiger charge is 2.15. The highest BCUT2D eigenvalue weighted by molar-refractivity contribution is 7.15. The lowest BCUT2D eigenvalue weighted by Gasteiger charge is -1.98. The van der Waals surface area contributed by atoms with Gasteiger partial charge in [0.25, 0.3) is 5.89 Å². The lowest BCUT2D eigenvalue weighted by Crippen LogP contribution is -2.03. The molecule has 0 saturated heterocycles. The van der Waals surface area contributed by atoms with Crippen molar-refractivity contribution >= 4 is 34.7 Å². The SMILES string of the molecule is CC(=O)c1ccc(C(=O)OCc2nc(-c3ccc(Cl)cc3)no2)s1. The monoisotopic (exact) mass is 362 g/mol. The van der Waals surface area contributed by atoms with Crippen LogP contribution < -0.4 is 0 Å². The van der Waals surface area contributed by atoms with Gasteiger partial charge in [-0.3, -0.25) is 4.79 Å². The van der Waals surface area contributed by atoms with E-state index in [1.165, 1.54) is 6.92 Å². The van der Waals surface area contributed by atoms with E-state index >= 15 is 0 Å². The largest absolute Gasteiger partial charge is 0.451 e. The summed E-state index contributed by atoms with van der Waals surface area (Å²) in [6.07, 6.45) is 0. The van der Waals surface area contributed by atoms with Crippen LogP contribution in [0.15, 0.2) is 40.9 Å². The fourth-order valence-corrected chi connectivity index (χ4v) is 2.79. The van der Waals surface area contributed by atoms with Gasteiger partial charge in [0, 0.05) is 10.6 Å². The zero-order chi connectivity index (χ0) is 17.1. The van der Waals surface area contributed by atoms with Crippen LogP contribution in [0.3, 0.4) is 0 Å². The van der Waals surface area contributed by atoms with Gasteiger partial charge >= 0.3 is 5.97 Å². The molecule has 0 fully saturated rings. The van der Waals surface area contributed by atoms with Crippen LogP contribution in [0, 0.1) is 0 Å². The molecule has 122 valence electrons. The zero-order valence-corrected chi connectivity index (χ0v) is 14.1. The van der Waals surface area contributed by atoms with Gasteiger partial charge in [-0.05, 0) is 43.3 Å². The Kier molecular flexibility index (Phi) is 4.73. The number of thiophene rings is 1. The molecule has 8 heteroatoms. The molecular formula is C16H11ClN2O4S. The summed E-state index contributed by atoms with van der Waals surface area (Å²) in [7, 11) is 0. The summed E-state index contributed by atoms with van der Waals surface area (Å²) in [5.74, 6) is -0.0772. The van der Waals surface area contributed by atoms with Crippen molar-refractivity contribution in [1.82, 2.24) is 10.1 Å². The Labute approximate surface area is 146 Å². The summed E-state index contributed by atoms with van der Waals surface area (Å²) in [6.45, 7) is 1.30. The molecule has 1 aromatic carbocycles. The van der Waals surface area contributed by atoms with E-state index in [-0.39, 0.29) is 18.3 Å². The van der Waals surface area contributed by atoms with Crippen LogP contribution in [0.1, 0.15) is 32.2 Å². The van der Waals surface area contributed by atoms with Crippen LogP contribution >= 0.6 is 22.9 Å². The molecule has 0 saturated carbocycles. The first-order valence-electron chi connectivity index (χ1n) is 6.89. The molecule has 0 spiro atoms. The first-order valence-corrected chi connectivity index (χ1v) is 8.09. The third-order valence-electron chi connectivity index (χ3n) is 3.05. The third kappa shape index (κ3) is 3.69. The van der Waals surface area contributed by atoms with Gasteiger partial charge in [-0.2, -0.15) is 4.98 Å². The predicted molar refractivity (Wildman–Crippen MR) is 88.2 cm³/mol. The molecule has 3 rings (SSSR count). The Morgan fingerprint density at radius 2 is 1.88 bits per heavy atom. The van der Waals surface area contributed by atoms with E-state index in [0.717, 1.165) is 16.9 Å². The van der Waals surface area contributed by atoms with Crippen molar-refractivity contribution in [2.45, 2.75) is 13.5 Å². The number of hydrogen-bond donors (Lipinski definition) is 0. The Morgan fingerprint density at radius 1 is 1.17 bits per heavy atom. The average Bonchev–Trinajstić information content (AvgIpc) is 3.23. The molecule has 6 nitrogen and oxygen atoms in total. The van der Waals surface area contributed by atoms with E-state index < -0.39 is 5.97 Å². The molecule has 0 aliphatic rings. The van der Waals surface area contributed by atoms with E-state index in [4.69, 9.17) is 20.9 Å². The number of hydrogen-bond acceptors (Lipinski definition) is 7. The van der Waals surface area contributed by atoms with E-state index in [0.29, 0.717) is 20.6 Å². The smallest absolute Gasteiger partial charge is 0.348 e. The van der Waals surface area contributed by atoms with Crippen molar-refractivity contribution in [3.63, 3.8) is 0 Å². The number of ether oxygens (including phenoxy) is 1. The number of carbonyl (C=O) groups is 2. The van der Waals surface area contributed by atoms with Gasteiger partial charge in [0.15, 0.2) is 12.4 Å². The Balaban J connectivity index is 1.63. The molecule has 0 atom stereocenters. The molecule has 0 N–H and O–H groups in total. The Bertz CT molecular complexity index is 886. The molecule has 0 unspecified atom stereocenters. The lowest BCUT2D eigenvalue weighted by atomic mass is 10.2. The maximum atomic E-state index is 11.9. The summed E-state index contributed by atoms with van der Waals surface area (Å²) in [4.78, 5) is 28.2. The fourth-order valence-electron chi connectivity index (χ4n) is 1.86. The van der Waals surface area contributed by atoms with Crippen LogP contribution in [0.4, 0.5) is 0 Å². The second-order valence-corrected chi connectivity index (χ2v) is 6.34. The summed E-state index contributed by atoms with van der Waals surface area (Å²) in [6, 6.07) is 10.1. The van der Waals surface area contributed by atoms with Crippen molar-refractivity contribution in [1.29, 1.82) is 0 Å². The summed E-state index contributed by atoms with van der Waals surface area (Å²) >= 11 is 6.91. The fraction of sp³-hybridized carbons (Fsp3) is 0.125. The number of aromatic nitrogens is 2. The molecule has 0 amide bonds. The topological polar surface area (TPSA) is 82.3 Å². The van der Waals surface area contributed by atoms with E-state index in [1.54, 1.807) is 36.4 Å². The van der Waals surface area contributed by atoms with Gasteiger partial charge in [0.1, 0.15) is 4.88 Å². The molecule has 0 radical (unpaired) electrons. The van der Waals surface area contributed by atoms with Crippen molar-refractivity contribution in [2.75, 3.05) is 0 Å². The average molecular weight is 363 g/mol.